The fourth-order valence-electron chi connectivity index (χ4n) is 5.71. The Morgan fingerprint density at radius 2 is 1.47 bits per heavy atom. The van der Waals surface area contributed by atoms with E-state index in [1.807, 2.05) is 23.1 Å². The van der Waals surface area contributed by atoms with Crippen molar-refractivity contribution in [3.05, 3.63) is 47.5 Å². The van der Waals surface area contributed by atoms with Gasteiger partial charge in [0.25, 0.3) is 5.91 Å². The van der Waals surface area contributed by atoms with Gasteiger partial charge in [-0.25, -0.2) is 0 Å². The molecule has 1 aliphatic carbocycles. The zero-order valence-corrected chi connectivity index (χ0v) is 20.2. The Morgan fingerprint density at radius 1 is 0.833 bits per heavy atom. The van der Waals surface area contributed by atoms with E-state index in [1.165, 1.54) is 12.8 Å². The van der Waals surface area contributed by atoms with Gasteiger partial charge in [0.15, 0.2) is 23.0 Å². The quantitative estimate of drug-likeness (QED) is 0.662. The van der Waals surface area contributed by atoms with Crippen molar-refractivity contribution >= 4 is 11.8 Å². The summed E-state index contributed by atoms with van der Waals surface area (Å²) in [6.45, 7) is 3.39. The zero-order chi connectivity index (χ0) is 24.5. The Bertz CT molecular complexity index is 1140. The Kier molecular flexibility index (Phi) is 6.31. The topological polar surface area (TPSA) is 89.6 Å². The molecule has 1 N–H and O–H groups in total. The highest BCUT2D eigenvalue weighted by atomic mass is 16.7. The van der Waals surface area contributed by atoms with E-state index in [4.69, 9.17) is 18.9 Å². The van der Waals surface area contributed by atoms with Gasteiger partial charge < -0.3 is 29.2 Å². The highest BCUT2D eigenvalue weighted by molar-refractivity contribution is 5.95. The molecule has 3 aliphatic heterocycles. The predicted octanol–water partition coefficient (Wildman–Crippen LogP) is 2.78. The number of benzene rings is 2. The number of amides is 2. The number of hydrogen-bond donors (Lipinski definition) is 1. The lowest BCUT2D eigenvalue weighted by atomic mass is 9.94. The second kappa shape index (κ2) is 9.89. The van der Waals surface area contributed by atoms with Gasteiger partial charge in [-0.3, -0.25) is 14.5 Å². The Balaban J connectivity index is 1.09. The molecule has 36 heavy (non-hydrogen) atoms. The molecule has 0 bridgehead atoms. The molecule has 2 amide bonds. The maximum atomic E-state index is 13.5. The van der Waals surface area contributed by atoms with Crippen LogP contribution in [0.2, 0.25) is 0 Å². The summed E-state index contributed by atoms with van der Waals surface area (Å²) in [4.78, 5) is 30.7. The Labute approximate surface area is 210 Å². The largest absolute Gasteiger partial charge is 0.454 e. The molecule has 2 fully saturated rings. The van der Waals surface area contributed by atoms with Gasteiger partial charge in [-0.2, -0.15) is 0 Å². The van der Waals surface area contributed by atoms with Crippen LogP contribution < -0.4 is 24.3 Å². The fraction of sp³-hybridized carbons (Fsp3) is 0.481. The van der Waals surface area contributed by atoms with Crippen LogP contribution >= 0.6 is 0 Å². The van der Waals surface area contributed by atoms with Gasteiger partial charge in [-0.15, -0.1) is 0 Å². The van der Waals surface area contributed by atoms with Gasteiger partial charge in [0, 0.05) is 38.3 Å². The highest BCUT2D eigenvalue weighted by Crippen LogP contribution is 2.34. The number of rotatable bonds is 6. The summed E-state index contributed by atoms with van der Waals surface area (Å²) in [5.41, 5.74) is 1.58. The molecule has 0 radical (unpaired) electrons. The van der Waals surface area contributed by atoms with Gasteiger partial charge in [0.2, 0.25) is 19.5 Å². The summed E-state index contributed by atoms with van der Waals surface area (Å²) in [7, 11) is 0. The molecule has 190 valence electrons. The van der Waals surface area contributed by atoms with Gasteiger partial charge in [0.05, 0.1) is 6.04 Å². The number of hydrogen-bond acceptors (Lipinski definition) is 7. The standard InChI is InChI=1S/C27H31N3O6/c31-26(28-15-18-5-7-21-23(13-18)35-16-33-21)25(19-3-1-2-4-19)29-9-11-30(12-10-29)27(32)20-6-8-22-24(14-20)36-17-34-22/h5-8,13-14,19,25H,1-4,9-12,15-17H2,(H,28,31). The third kappa shape index (κ3) is 4.55. The second-order valence-corrected chi connectivity index (χ2v) is 9.79. The zero-order valence-electron chi connectivity index (χ0n) is 20.2. The van der Waals surface area contributed by atoms with Crippen LogP contribution in [0.1, 0.15) is 41.6 Å². The third-order valence-electron chi connectivity index (χ3n) is 7.63. The molecule has 1 atom stereocenters. The number of ether oxygens (including phenoxy) is 4. The second-order valence-electron chi connectivity index (χ2n) is 9.79. The molecule has 2 aromatic rings. The number of nitrogens with one attached hydrogen (secondary N) is 1. The van der Waals surface area contributed by atoms with Crippen LogP contribution in [0.25, 0.3) is 0 Å². The number of carbonyl (C=O) groups is 2. The van der Waals surface area contributed by atoms with Crippen LogP contribution in [0.4, 0.5) is 0 Å². The maximum absolute atomic E-state index is 13.5. The molecule has 6 rings (SSSR count). The molecule has 3 heterocycles. The smallest absolute Gasteiger partial charge is 0.254 e. The Hall–Kier alpha value is -3.46. The van der Waals surface area contributed by atoms with Crippen molar-refractivity contribution in [3.63, 3.8) is 0 Å². The number of nitrogens with zero attached hydrogens (tertiary/aromatic N) is 2. The van der Waals surface area contributed by atoms with Crippen molar-refractivity contribution in [2.24, 2.45) is 5.92 Å². The van der Waals surface area contributed by atoms with E-state index in [-0.39, 0.29) is 31.4 Å². The lowest BCUT2D eigenvalue weighted by Crippen LogP contribution is -2.57. The molecule has 0 aromatic heterocycles. The van der Waals surface area contributed by atoms with Crippen molar-refractivity contribution in [1.82, 2.24) is 15.1 Å². The van der Waals surface area contributed by atoms with Gasteiger partial charge in [0.1, 0.15) is 0 Å². The number of carbonyl (C=O) groups excluding carboxylic acids is 2. The minimum Gasteiger partial charge on any atom is -0.454 e. The monoisotopic (exact) mass is 493 g/mol. The summed E-state index contributed by atoms with van der Waals surface area (Å²) in [6.07, 6.45) is 4.47. The first kappa shape index (κ1) is 23.0. The number of piperazine rings is 1. The molecule has 9 nitrogen and oxygen atoms in total. The first-order chi connectivity index (χ1) is 17.7. The van der Waals surface area contributed by atoms with E-state index in [1.54, 1.807) is 18.2 Å². The summed E-state index contributed by atoms with van der Waals surface area (Å²) in [6, 6.07) is 10.9. The van der Waals surface area contributed by atoms with Crippen LogP contribution in [0.5, 0.6) is 23.0 Å². The van der Waals surface area contributed by atoms with E-state index in [0.29, 0.717) is 55.7 Å². The van der Waals surface area contributed by atoms with Crippen molar-refractivity contribution in [2.75, 3.05) is 39.8 Å². The van der Waals surface area contributed by atoms with Crippen LogP contribution in [0.3, 0.4) is 0 Å². The maximum Gasteiger partial charge on any atom is 0.254 e. The molecular formula is C27H31N3O6. The first-order valence-corrected chi connectivity index (χ1v) is 12.7. The summed E-state index contributed by atoms with van der Waals surface area (Å²) < 4.78 is 21.6. The molecule has 9 heteroatoms. The van der Waals surface area contributed by atoms with Gasteiger partial charge >= 0.3 is 0 Å². The molecule has 1 unspecified atom stereocenters. The van der Waals surface area contributed by atoms with Crippen molar-refractivity contribution in [3.8, 4) is 23.0 Å². The molecule has 1 saturated carbocycles. The minimum atomic E-state index is -0.177. The molecule has 2 aromatic carbocycles. The average molecular weight is 494 g/mol. The molecule has 4 aliphatic rings. The van der Waals surface area contributed by atoms with E-state index < -0.39 is 0 Å². The van der Waals surface area contributed by atoms with Crippen LogP contribution in [-0.2, 0) is 11.3 Å². The molecular weight excluding hydrogens is 462 g/mol. The first-order valence-electron chi connectivity index (χ1n) is 12.7. The van der Waals surface area contributed by atoms with Gasteiger partial charge in [-0.1, -0.05) is 18.9 Å². The van der Waals surface area contributed by atoms with E-state index >= 15 is 0 Å². The van der Waals surface area contributed by atoms with Crippen molar-refractivity contribution in [2.45, 2.75) is 38.3 Å². The Morgan fingerprint density at radius 3 is 2.19 bits per heavy atom. The summed E-state index contributed by atoms with van der Waals surface area (Å²) >= 11 is 0. The highest BCUT2D eigenvalue weighted by Gasteiger charge is 2.37. The van der Waals surface area contributed by atoms with E-state index in [0.717, 1.165) is 29.9 Å². The number of fused-ring (bicyclic) bond motifs is 2. The van der Waals surface area contributed by atoms with Gasteiger partial charge in [-0.05, 0) is 54.7 Å². The van der Waals surface area contributed by atoms with E-state index in [2.05, 4.69) is 10.2 Å². The predicted molar refractivity (Wildman–Crippen MR) is 130 cm³/mol. The normalized spacial score (nSPS) is 19.9. The molecule has 1 saturated heterocycles. The van der Waals surface area contributed by atoms with Crippen LogP contribution in [0.15, 0.2) is 36.4 Å². The average Bonchev–Trinajstić information content (AvgIpc) is 3.69. The SMILES string of the molecule is O=C(NCc1ccc2c(c1)OCO2)C(C1CCCC1)N1CCN(C(=O)c2ccc3c(c2)OCO3)CC1. The lowest BCUT2D eigenvalue weighted by Gasteiger charge is -2.40. The lowest BCUT2D eigenvalue weighted by molar-refractivity contribution is -0.129. The van der Waals surface area contributed by atoms with Crippen LogP contribution in [0, 0.1) is 5.92 Å². The van der Waals surface area contributed by atoms with Crippen molar-refractivity contribution < 1.29 is 28.5 Å². The minimum absolute atomic E-state index is 0.0161. The summed E-state index contributed by atoms with van der Waals surface area (Å²) in [5, 5.41) is 3.16. The summed E-state index contributed by atoms with van der Waals surface area (Å²) in [5.74, 6) is 3.13. The van der Waals surface area contributed by atoms with Crippen LogP contribution in [-0.4, -0.2) is 67.4 Å². The molecule has 0 spiro atoms. The van der Waals surface area contributed by atoms with E-state index in [9.17, 15) is 9.59 Å². The third-order valence-corrected chi connectivity index (χ3v) is 7.63. The van der Waals surface area contributed by atoms with Crippen molar-refractivity contribution in [1.29, 1.82) is 0 Å². The fourth-order valence-corrected chi connectivity index (χ4v) is 5.71.